The predicted molar refractivity (Wildman–Crippen MR) is 97.6 cm³/mol. The molecule has 1 saturated heterocycles. The van der Waals surface area contributed by atoms with E-state index in [9.17, 15) is 22.8 Å². The highest BCUT2D eigenvalue weighted by Gasteiger charge is 2.30. The minimum Gasteiger partial charge on any atom is -0.378 e. The summed E-state index contributed by atoms with van der Waals surface area (Å²) >= 11 is 0. The normalized spacial score (nSPS) is 14.6. The molecular weight excluding hydrogens is 373 g/mol. The van der Waals surface area contributed by atoms with Gasteiger partial charge < -0.3 is 15.0 Å². The molecule has 0 aliphatic carbocycles. The molecule has 1 amide bonds. The highest BCUT2D eigenvalue weighted by Crippen LogP contribution is 2.29. The Morgan fingerprint density at radius 2 is 1.50 bits per heavy atom. The van der Waals surface area contributed by atoms with E-state index in [0.717, 1.165) is 43.0 Å². The maximum atomic E-state index is 12.6. The standard InChI is InChI=1S/C20H19F3N2O3/c21-20(22,23)16-5-1-15(2-6-16)19(27)24-13-18(26)14-3-7-17(8-4-14)25-9-11-28-12-10-25/h1-8H,9-13H2,(H,24,27). The zero-order valence-electron chi connectivity index (χ0n) is 15.0. The number of Topliss-reactive ketones (excluding diaryl/α,β-unsaturated/α-hetero) is 1. The summed E-state index contributed by atoms with van der Waals surface area (Å²) in [5, 5.41) is 2.44. The first-order chi connectivity index (χ1) is 13.3. The Morgan fingerprint density at radius 3 is 2.07 bits per heavy atom. The second-order valence-electron chi connectivity index (χ2n) is 6.33. The average Bonchev–Trinajstić information content (AvgIpc) is 2.72. The molecule has 0 aromatic heterocycles. The van der Waals surface area contributed by atoms with Crippen LogP contribution in [-0.2, 0) is 10.9 Å². The van der Waals surface area contributed by atoms with Crippen LogP contribution in [0.1, 0.15) is 26.3 Å². The molecule has 0 bridgehead atoms. The van der Waals surface area contributed by atoms with Gasteiger partial charge in [0.2, 0.25) is 0 Å². The van der Waals surface area contributed by atoms with Crippen LogP contribution < -0.4 is 10.2 Å². The van der Waals surface area contributed by atoms with E-state index in [0.29, 0.717) is 18.8 Å². The van der Waals surface area contributed by atoms with E-state index in [1.807, 2.05) is 12.1 Å². The van der Waals surface area contributed by atoms with Crippen molar-refractivity contribution in [2.75, 3.05) is 37.7 Å². The minimum atomic E-state index is -4.46. The summed E-state index contributed by atoms with van der Waals surface area (Å²) in [5.74, 6) is -0.888. The number of morpholine rings is 1. The lowest BCUT2D eigenvalue weighted by Gasteiger charge is -2.28. The van der Waals surface area contributed by atoms with Gasteiger partial charge >= 0.3 is 6.18 Å². The maximum absolute atomic E-state index is 12.6. The predicted octanol–water partition coefficient (Wildman–Crippen LogP) is 3.15. The van der Waals surface area contributed by atoms with Crippen LogP contribution in [0.3, 0.4) is 0 Å². The molecule has 1 N–H and O–H groups in total. The summed E-state index contributed by atoms with van der Waals surface area (Å²) in [6, 6.07) is 10.9. The maximum Gasteiger partial charge on any atom is 0.416 e. The molecule has 0 spiro atoms. The van der Waals surface area contributed by atoms with E-state index in [4.69, 9.17) is 4.74 Å². The molecule has 2 aromatic carbocycles. The van der Waals surface area contributed by atoms with Crippen molar-refractivity contribution in [1.82, 2.24) is 5.32 Å². The van der Waals surface area contributed by atoms with Crippen molar-refractivity contribution in [3.63, 3.8) is 0 Å². The van der Waals surface area contributed by atoms with Crippen LogP contribution in [0.2, 0.25) is 0 Å². The zero-order valence-corrected chi connectivity index (χ0v) is 15.0. The van der Waals surface area contributed by atoms with Crippen LogP contribution in [0, 0.1) is 0 Å². The zero-order chi connectivity index (χ0) is 20.1. The number of ether oxygens (including phenoxy) is 1. The molecule has 1 fully saturated rings. The molecule has 1 aliphatic rings. The molecule has 0 saturated carbocycles. The highest BCUT2D eigenvalue weighted by atomic mass is 19.4. The van der Waals surface area contributed by atoms with Crippen molar-refractivity contribution in [2.24, 2.45) is 0 Å². The molecule has 148 valence electrons. The van der Waals surface area contributed by atoms with Crippen molar-refractivity contribution < 1.29 is 27.5 Å². The summed E-state index contributed by atoms with van der Waals surface area (Å²) in [5.41, 5.74) is 0.669. The lowest BCUT2D eigenvalue weighted by atomic mass is 10.1. The van der Waals surface area contributed by atoms with Gasteiger partial charge in [0.1, 0.15) is 0 Å². The van der Waals surface area contributed by atoms with Crippen molar-refractivity contribution in [1.29, 1.82) is 0 Å². The first-order valence-corrected chi connectivity index (χ1v) is 8.76. The Labute approximate surface area is 160 Å². The summed E-state index contributed by atoms with van der Waals surface area (Å²) < 4.78 is 43.0. The van der Waals surface area contributed by atoms with Gasteiger partial charge in [-0.05, 0) is 48.5 Å². The summed E-state index contributed by atoms with van der Waals surface area (Å²) in [6.07, 6.45) is -4.46. The monoisotopic (exact) mass is 392 g/mol. The van der Waals surface area contributed by atoms with Crippen molar-refractivity contribution >= 4 is 17.4 Å². The second kappa shape index (κ2) is 8.43. The van der Waals surface area contributed by atoms with E-state index in [1.165, 1.54) is 0 Å². The van der Waals surface area contributed by atoms with Gasteiger partial charge in [-0.3, -0.25) is 9.59 Å². The third-order valence-corrected chi connectivity index (χ3v) is 4.45. The Morgan fingerprint density at radius 1 is 0.929 bits per heavy atom. The number of anilines is 1. The number of nitrogens with one attached hydrogen (secondary N) is 1. The molecule has 0 atom stereocenters. The Bertz CT molecular complexity index is 827. The molecular formula is C20H19F3N2O3. The first kappa shape index (κ1) is 19.9. The van der Waals surface area contributed by atoms with Crippen LogP contribution in [0.15, 0.2) is 48.5 Å². The topological polar surface area (TPSA) is 58.6 Å². The molecule has 1 aliphatic heterocycles. The smallest absolute Gasteiger partial charge is 0.378 e. The van der Waals surface area contributed by atoms with Gasteiger partial charge in [-0.1, -0.05) is 0 Å². The van der Waals surface area contributed by atoms with E-state index in [2.05, 4.69) is 10.2 Å². The third-order valence-electron chi connectivity index (χ3n) is 4.45. The fraction of sp³-hybridized carbons (Fsp3) is 0.300. The van der Waals surface area contributed by atoms with Gasteiger partial charge in [0.25, 0.3) is 5.91 Å². The van der Waals surface area contributed by atoms with Gasteiger partial charge in [0, 0.05) is 29.9 Å². The lowest BCUT2D eigenvalue weighted by Crippen LogP contribution is -2.36. The molecule has 0 unspecified atom stereocenters. The van der Waals surface area contributed by atoms with Crippen LogP contribution in [0.4, 0.5) is 18.9 Å². The van der Waals surface area contributed by atoms with E-state index >= 15 is 0 Å². The number of carbonyl (C=O) groups is 2. The van der Waals surface area contributed by atoms with Crippen molar-refractivity contribution in [3.05, 3.63) is 65.2 Å². The number of ketones is 1. The van der Waals surface area contributed by atoms with Gasteiger partial charge in [0.15, 0.2) is 5.78 Å². The van der Waals surface area contributed by atoms with E-state index in [1.54, 1.807) is 12.1 Å². The second-order valence-corrected chi connectivity index (χ2v) is 6.33. The first-order valence-electron chi connectivity index (χ1n) is 8.76. The lowest BCUT2D eigenvalue weighted by molar-refractivity contribution is -0.137. The largest absolute Gasteiger partial charge is 0.416 e. The number of alkyl halides is 3. The SMILES string of the molecule is O=C(CNC(=O)c1ccc(C(F)(F)F)cc1)c1ccc(N2CCOCC2)cc1. The molecule has 8 heteroatoms. The van der Waals surface area contributed by atoms with E-state index in [-0.39, 0.29) is 17.9 Å². The number of benzene rings is 2. The number of nitrogens with zero attached hydrogens (tertiary/aromatic N) is 1. The molecule has 1 heterocycles. The minimum absolute atomic E-state index is 0.0588. The number of amides is 1. The van der Waals surface area contributed by atoms with Crippen LogP contribution in [0.5, 0.6) is 0 Å². The highest BCUT2D eigenvalue weighted by molar-refractivity contribution is 6.02. The van der Waals surface area contributed by atoms with Gasteiger partial charge in [-0.15, -0.1) is 0 Å². The summed E-state index contributed by atoms with van der Waals surface area (Å²) in [7, 11) is 0. The number of hydrogen-bond donors (Lipinski definition) is 1. The number of carbonyl (C=O) groups excluding carboxylic acids is 2. The van der Waals surface area contributed by atoms with Crippen molar-refractivity contribution in [3.8, 4) is 0 Å². The average molecular weight is 392 g/mol. The number of halogens is 3. The van der Waals surface area contributed by atoms with Crippen LogP contribution in [-0.4, -0.2) is 44.5 Å². The number of rotatable bonds is 5. The van der Waals surface area contributed by atoms with E-state index < -0.39 is 17.6 Å². The molecule has 3 rings (SSSR count). The third kappa shape index (κ3) is 4.89. The molecule has 5 nitrogen and oxygen atoms in total. The number of hydrogen-bond acceptors (Lipinski definition) is 4. The molecule has 0 radical (unpaired) electrons. The Balaban J connectivity index is 1.55. The Hall–Kier alpha value is -2.87. The van der Waals surface area contributed by atoms with Gasteiger partial charge in [0.05, 0.1) is 25.3 Å². The Kier molecular flexibility index (Phi) is 5.99. The molecule has 2 aromatic rings. The fourth-order valence-corrected chi connectivity index (χ4v) is 2.85. The van der Waals surface area contributed by atoms with Crippen LogP contribution >= 0.6 is 0 Å². The molecule has 28 heavy (non-hydrogen) atoms. The van der Waals surface area contributed by atoms with Crippen molar-refractivity contribution in [2.45, 2.75) is 6.18 Å². The van der Waals surface area contributed by atoms with Gasteiger partial charge in [-0.25, -0.2) is 0 Å². The van der Waals surface area contributed by atoms with Gasteiger partial charge in [-0.2, -0.15) is 13.2 Å². The quantitative estimate of drug-likeness (QED) is 0.795. The fourth-order valence-electron chi connectivity index (χ4n) is 2.85. The van der Waals surface area contributed by atoms with Crippen LogP contribution in [0.25, 0.3) is 0 Å². The summed E-state index contributed by atoms with van der Waals surface area (Å²) in [4.78, 5) is 26.5. The summed E-state index contributed by atoms with van der Waals surface area (Å²) in [6.45, 7) is 2.66.